The Bertz CT molecular complexity index is 646. The SMILES string of the molecule is CCc1ccc(C(=O)N[C@@H]2CS(=O)(=O)C[C@H]2N2CCCC2)o1. The minimum Gasteiger partial charge on any atom is -0.456 e. The number of hydrogen-bond donors (Lipinski definition) is 1. The van der Waals surface area contributed by atoms with Gasteiger partial charge in [-0.1, -0.05) is 6.92 Å². The van der Waals surface area contributed by atoms with Gasteiger partial charge in [-0.05, 0) is 38.1 Å². The van der Waals surface area contributed by atoms with Crippen molar-refractivity contribution in [1.82, 2.24) is 10.2 Å². The summed E-state index contributed by atoms with van der Waals surface area (Å²) < 4.78 is 29.4. The predicted octanol–water partition coefficient (Wildman–Crippen LogP) is 0.833. The number of carbonyl (C=O) groups is 1. The summed E-state index contributed by atoms with van der Waals surface area (Å²) in [5, 5.41) is 2.86. The van der Waals surface area contributed by atoms with E-state index in [9.17, 15) is 13.2 Å². The zero-order valence-electron chi connectivity index (χ0n) is 12.7. The van der Waals surface area contributed by atoms with Crippen molar-refractivity contribution < 1.29 is 17.6 Å². The molecular weight excluding hydrogens is 304 g/mol. The summed E-state index contributed by atoms with van der Waals surface area (Å²) in [6, 6.07) is 2.95. The van der Waals surface area contributed by atoms with Crippen LogP contribution in [0.25, 0.3) is 0 Å². The van der Waals surface area contributed by atoms with Crippen LogP contribution in [0.3, 0.4) is 0 Å². The molecule has 0 spiro atoms. The van der Waals surface area contributed by atoms with Gasteiger partial charge in [0.2, 0.25) is 0 Å². The fourth-order valence-corrected chi connectivity index (χ4v) is 5.28. The lowest BCUT2D eigenvalue weighted by molar-refractivity contribution is 0.0889. The van der Waals surface area contributed by atoms with Crippen LogP contribution < -0.4 is 5.32 Å². The van der Waals surface area contributed by atoms with Crippen molar-refractivity contribution in [1.29, 1.82) is 0 Å². The van der Waals surface area contributed by atoms with E-state index >= 15 is 0 Å². The Morgan fingerprint density at radius 3 is 2.68 bits per heavy atom. The van der Waals surface area contributed by atoms with Gasteiger partial charge >= 0.3 is 0 Å². The van der Waals surface area contributed by atoms with E-state index < -0.39 is 9.84 Å². The third kappa shape index (κ3) is 3.20. The van der Waals surface area contributed by atoms with Gasteiger partial charge in [0.25, 0.3) is 5.91 Å². The molecule has 7 heteroatoms. The fraction of sp³-hybridized carbons (Fsp3) is 0.667. The topological polar surface area (TPSA) is 79.6 Å². The Balaban J connectivity index is 1.72. The van der Waals surface area contributed by atoms with Crippen LogP contribution >= 0.6 is 0 Å². The van der Waals surface area contributed by atoms with E-state index in [1.165, 1.54) is 0 Å². The summed E-state index contributed by atoms with van der Waals surface area (Å²) >= 11 is 0. The second-order valence-corrected chi connectivity index (χ2v) is 8.24. The molecule has 3 rings (SSSR count). The highest BCUT2D eigenvalue weighted by molar-refractivity contribution is 7.91. The molecule has 6 nitrogen and oxygen atoms in total. The van der Waals surface area contributed by atoms with Crippen molar-refractivity contribution >= 4 is 15.7 Å². The van der Waals surface area contributed by atoms with Gasteiger partial charge < -0.3 is 9.73 Å². The van der Waals surface area contributed by atoms with Crippen molar-refractivity contribution in [2.75, 3.05) is 24.6 Å². The summed E-state index contributed by atoms with van der Waals surface area (Å²) in [5.41, 5.74) is 0. The van der Waals surface area contributed by atoms with Gasteiger partial charge in [-0.15, -0.1) is 0 Å². The van der Waals surface area contributed by atoms with E-state index in [0.717, 1.165) is 38.1 Å². The molecule has 3 heterocycles. The molecule has 1 aromatic heterocycles. The minimum absolute atomic E-state index is 0.0151. The van der Waals surface area contributed by atoms with Crippen molar-refractivity contribution in [3.63, 3.8) is 0 Å². The highest BCUT2D eigenvalue weighted by Crippen LogP contribution is 2.23. The molecule has 0 aliphatic carbocycles. The Morgan fingerprint density at radius 2 is 2.05 bits per heavy atom. The molecule has 0 aromatic carbocycles. The Labute approximate surface area is 130 Å². The van der Waals surface area contributed by atoms with Gasteiger partial charge in [0, 0.05) is 12.5 Å². The maximum absolute atomic E-state index is 12.3. The van der Waals surface area contributed by atoms with E-state index in [1.807, 2.05) is 6.92 Å². The number of aryl methyl sites for hydroxylation is 1. The monoisotopic (exact) mass is 326 g/mol. The highest BCUT2D eigenvalue weighted by Gasteiger charge is 2.42. The number of nitrogens with one attached hydrogen (secondary N) is 1. The standard InChI is InChI=1S/C15H22N2O4S/c1-2-11-5-6-14(21-11)15(18)16-12-9-22(19,20)10-13(12)17-7-3-4-8-17/h5-6,12-13H,2-4,7-10H2,1H3,(H,16,18)/t12-,13-/m1/s1. The minimum atomic E-state index is -3.10. The lowest BCUT2D eigenvalue weighted by Crippen LogP contribution is -2.50. The average Bonchev–Trinajstić information content (AvgIpc) is 3.17. The molecule has 22 heavy (non-hydrogen) atoms. The van der Waals surface area contributed by atoms with E-state index in [4.69, 9.17) is 4.42 Å². The maximum atomic E-state index is 12.3. The van der Waals surface area contributed by atoms with Crippen molar-refractivity contribution in [2.45, 2.75) is 38.3 Å². The van der Waals surface area contributed by atoms with Gasteiger partial charge in [0.05, 0.1) is 17.5 Å². The second-order valence-electron chi connectivity index (χ2n) is 6.09. The number of amides is 1. The third-order valence-electron chi connectivity index (χ3n) is 4.48. The molecule has 0 unspecified atom stereocenters. The second kappa shape index (κ2) is 6.04. The first kappa shape index (κ1) is 15.6. The molecular formula is C15H22N2O4S. The first-order valence-electron chi connectivity index (χ1n) is 7.82. The van der Waals surface area contributed by atoms with E-state index in [0.29, 0.717) is 0 Å². The van der Waals surface area contributed by atoms with Crippen LogP contribution in [-0.4, -0.2) is 55.9 Å². The zero-order chi connectivity index (χ0) is 15.7. The Morgan fingerprint density at radius 1 is 1.32 bits per heavy atom. The molecule has 2 aliphatic rings. The Kier molecular flexibility index (Phi) is 4.27. The van der Waals surface area contributed by atoms with Crippen LogP contribution in [0.5, 0.6) is 0 Å². The molecule has 2 fully saturated rings. The van der Waals surface area contributed by atoms with Crippen molar-refractivity contribution in [3.05, 3.63) is 23.7 Å². The van der Waals surface area contributed by atoms with Gasteiger partial charge in [0.15, 0.2) is 15.6 Å². The van der Waals surface area contributed by atoms with Crippen molar-refractivity contribution in [3.8, 4) is 0 Å². The molecule has 0 radical (unpaired) electrons. The van der Waals surface area contributed by atoms with Gasteiger partial charge in [0.1, 0.15) is 5.76 Å². The van der Waals surface area contributed by atoms with Gasteiger partial charge in [-0.25, -0.2) is 8.42 Å². The molecule has 0 saturated carbocycles. The highest BCUT2D eigenvalue weighted by atomic mass is 32.2. The number of carbonyl (C=O) groups excluding carboxylic acids is 1. The fourth-order valence-electron chi connectivity index (χ4n) is 3.33. The number of likely N-dealkylation sites (tertiary alicyclic amines) is 1. The van der Waals surface area contributed by atoms with E-state index in [-0.39, 0.29) is 35.3 Å². The van der Waals surface area contributed by atoms with Crippen LogP contribution in [-0.2, 0) is 16.3 Å². The third-order valence-corrected chi connectivity index (χ3v) is 6.20. The van der Waals surface area contributed by atoms with Crippen LogP contribution in [0, 0.1) is 0 Å². The summed E-state index contributed by atoms with van der Waals surface area (Å²) in [4.78, 5) is 14.5. The predicted molar refractivity (Wildman–Crippen MR) is 82.6 cm³/mol. The van der Waals surface area contributed by atoms with Crippen LogP contribution in [0.2, 0.25) is 0 Å². The first-order valence-corrected chi connectivity index (χ1v) is 9.64. The van der Waals surface area contributed by atoms with Crippen molar-refractivity contribution in [2.24, 2.45) is 0 Å². The summed E-state index contributed by atoms with van der Waals surface area (Å²) in [6.07, 6.45) is 2.91. The number of hydrogen-bond acceptors (Lipinski definition) is 5. The summed E-state index contributed by atoms with van der Waals surface area (Å²) in [6.45, 7) is 3.77. The lowest BCUT2D eigenvalue weighted by atomic mass is 10.1. The molecule has 0 bridgehead atoms. The van der Waals surface area contributed by atoms with Gasteiger partial charge in [-0.2, -0.15) is 0 Å². The molecule has 122 valence electrons. The van der Waals surface area contributed by atoms with E-state index in [1.54, 1.807) is 12.1 Å². The maximum Gasteiger partial charge on any atom is 0.287 e. The average molecular weight is 326 g/mol. The molecule has 1 aromatic rings. The number of nitrogens with zero attached hydrogens (tertiary/aromatic N) is 1. The smallest absolute Gasteiger partial charge is 0.287 e. The Hall–Kier alpha value is -1.34. The number of rotatable bonds is 4. The van der Waals surface area contributed by atoms with Gasteiger partial charge in [-0.3, -0.25) is 9.69 Å². The van der Waals surface area contributed by atoms with E-state index in [2.05, 4.69) is 10.2 Å². The molecule has 2 atom stereocenters. The van der Waals surface area contributed by atoms with Crippen LogP contribution in [0.15, 0.2) is 16.5 Å². The summed E-state index contributed by atoms with van der Waals surface area (Å²) in [7, 11) is -3.10. The largest absolute Gasteiger partial charge is 0.456 e. The quantitative estimate of drug-likeness (QED) is 0.887. The zero-order valence-corrected chi connectivity index (χ0v) is 13.6. The molecule has 1 N–H and O–H groups in total. The number of furan rings is 1. The van der Waals surface area contributed by atoms with Crippen LogP contribution in [0.1, 0.15) is 36.1 Å². The molecule has 1 amide bonds. The normalized spacial score (nSPS) is 28.0. The molecule has 2 aliphatic heterocycles. The lowest BCUT2D eigenvalue weighted by Gasteiger charge is -2.28. The number of sulfone groups is 1. The molecule has 2 saturated heterocycles. The first-order chi connectivity index (χ1) is 10.5. The summed E-state index contributed by atoms with van der Waals surface area (Å²) in [5.74, 6) is 0.824. The van der Waals surface area contributed by atoms with Crippen LogP contribution in [0.4, 0.5) is 0 Å².